The molecule has 0 radical (unpaired) electrons. The molecule has 0 spiro atoms. The van der Waals surface area contributed by atoms with Crippen molar-refractivity contribution in [3.8, 4) is 0 Å². The van der Waals surface area contributed by atoms with Gasteiger partial charge in [-0.1, -0.05) is 19.8 Å². The Morgan fingerprint density at radius 3 is 2.53 bits per heavy atom. The van der Waals surface area contributed by atoms with Gasteiger partial charge in [0.05, 0.1) is 5.92 Å². The first-order valence-electron chi connectivity index (χ1n) is 7.20. The van der Waals surface area contributed by atoms with E-state index in [4.69, 9.17) is 5.11 Å². The van der Waals surface area contributed by atoms with E-state index in [1.54, 1.807) is 4.90 Å². The summed E-state index contributed by atoms with van der Waals surface area (Å²) in [7, 11) is 0. The van der Waals surface area contributed by atoms with Gasteiger partial charge in [-0.25, -0.2) is 4.79 Å². The van der Waals surface area contributed by atoms with Crippen molar-refractivity contribution in [2.75, 3.05) is 13.1 Å². The number of hydrogen-bond acceptors (Lipinski definition) is 2. The third-order valence-corrected chi connectivity index (χ3v) is 4.81. The van der Waals surface area contributed by atoms with Gasteiger partial charge in [0.1, 0.15) is 0 Å². The van der Waals surface area contributed by atoms with Gasteiger partial charge in [0, 0.05) is 19.1 Å². The molecular weight excluding hydrogens is 244 g/mol. The Kier molecular flexibility index (Phi) is 4.02. The minimum absolute atomic E-state index is 0.107. The number of rotatable bonds is 3. The van der Waals surface area contributed by atoms with E-state index in [2.05, 4.69) is 12.2 Å². The number of carboxylic acids is 1. The maximum atomic E-state index is 12.1. The van der Waals surface area contributed by atoms with Gasteiger partial charge in [0.25, 0.3) is 0 Å². The highest BCUT2D eigenvalue weighted by molar-refractivity contribution is 5.78. The number of hydrogen-bond donors (Lipinski definition) is 2. The second-order valence-corrected chi connectivity index (χ2v) is 6.34. The average molecular weight is 268 g/mol. The van der Waals surface area contributed by atoms with Crippen LogP contribution in [0.5, 0.6) is 0 Å². The predicted molar refractivity (Wildman–Crippen MR) is 71.9 cm³/mol. The lowest BCUT2D eigenvalue weighted by Crippen LogP contribution is -2.46. The number of likely N-dealkylation sites (tertiary alicyclic amines) is 1. The molecule has 0 aromatic rings. The summed E-state index contributed by atoms with van der Waals surface area (Å²) >= 11 is 0. The van der Waals surface area contributed by atoms with Gasteiger partial charge in [-0.3, -0.25) is 4.79 Å². The van der Waals surface area contributed by atoms with Gasteiger partial charge in [0.15, 0.2) is 0 Å². The predicted octanol–water partition coefficient (Wildman–Crippen LogP) is 2.07. The molecule has 2 unspecified atom stereocenters. The van der Waals surface area contributed by atoms with Crippen LogP contribution in [0.2, 0.25) is 0 Å². The smallest absolute Gasteiger partial charge is 0.317 e. The van der Waals surface area contributed by atoms with E-state index in [1.807, 2.05) is 6.92 Å². The number of carbonyl (C=O) groups is 2. The molecule has 2 N–H and O–H groups in total. The highest BCUT2D eigenvalue weighted by atomic mass is 16.4. The first-order chi connectivity index (χ1) is 8.93. The van der Waals surface area contributed by atoms with E-state index >= 15 is 0 Å². The van der Waals surface area contributed by atoms with Crippen LogP contribution in [0.4, 0.5) is 4.79 Å². The van der Waals surface area contributed by atoms with Gasteiger partial charge >= 0.3 is 12.0 Å². The Hall–Kier alpha value is -1.26. The van der Waals surface area contributed by atoms with Crippen molar-refractivity contribution in [2.24, 2.45) is 11.3 Å². The number of carboxylic acid groups (broad SMARTS) is 1. The summed E-state index contributed by atoms with van der Waals surface area (Å²) < 4.78 is 0. The number of nitrogens with zero attached hydrogens (tertiary/aromatic N) is 1. The Bertz CT molecular complexity index is 364. The van der Waals surface area contributed by atoms with Crippen molar-refractivity contribution >= 4 is 12.0 Å². The van der Waals surface area contributed by atoms with Crippen LogP contribution >= 0.6 is 0 Å². The standard InChI is InChI=1S/C14H24N2O3/c1-10-11(12(17)18)5-8-16(10)13(19)15-9-14(2)6-3-4-7-14/h10-11H,3-9H2,1-2H3,(H,15,19)(H,17,18). The minimum Gasteiger partial charge on any atom is -0.481 e. The number of urea groups is 1. The third-order valence-electron chi connectivity index (χ3n) is 4.81. The van der Waals surface area contributed by atoms with E-state index in [1.165, 1.54) is 25.7 Å². The van der Waals surface area contributed by atoms with Crippen molar-refractivity contribution in [1.29, 1.82) is 0 Å². The summed E-state index contributed by atoms with van der Waals surface area (Å²) in [5.74, 6) is -1.22. The fourth-order valence-corrected chi connectivity index (χ4v) is 3.35. The molecule has 2 atom stereocenters. The van der Waals surface area contributed by atoms with Crippen LogP contribution in [0.1, 0.15) is 46.0 Å². The molecule has 0 aromatic heterocycles. The summed E-state index contributed by atoms with van der Waals surface area (Å²) in [5.41, 5.74) is 0.227. The molecule has 0 aromatic carbocycles. The van der Waals surface area contributed by atoms with Gasteiger partial charge in [0.2, 0.25) is 0 Å². The van der Waals surface area contributed by atoms with Crippen molar-refractivity contribution in [3.05, 3.63) is 0 Å². The first-order valence-corrected chi connectivity index (χ1v) is 7.20. The minimum atomic E-state index is -0.800. The SMILES string of the molecule is CC1C(C(=O)O)CCN1C(=O)NCC1(C)CCCC1. The van der Waals surface area contributed by atoms with Crippen molar-refractivity contribution in [3.63, 3.8) is 0 Å². The Balaban J connectivity index is 1.85. The second-order valence-electron chi connectivity index (χ2n) is 6.34. The van der Waals surface area contributed by atoms with E-state index in [-0.39, 0.29) is 17.5 Å². The molecule has 1 saturated heterocycles. The van der Waals surface area contributed by atoms with Crippen molar-refractivity contribution in [1.82, 2.24) is 10.2 Å². The molecule has 2 amide bonds. The zero-order valence-corrected chi connectivity index (χ0v) is 11.8. The molecule has 2 rings (SSSR count). The van der Waals surface area contributed by atoms with E-state index in [0.717, 1.165) is 0 Å². The molecule has 5 nitrogen and oxygen atoms in total. The number of aliphatic carboxylic acids is 1. The summed E-state index contributed by atoms with van der Waals surface area (Å²) in [6, 6.07) is -0.321. The number of nitrogens with one attached hydrogen (secondary N) is 1. The number of carbonyl (C=O) groups excluding carboxylic acids is 1. The van der Waals surface area contributed by atoms with Crippen LogP contribution in [0, 0.1) is 11.3 Å². The largest absolute Gasteiger partial charge is 0.481 e. The maximum absolute atomic E-state index is 12.1. The zero-order chi connectivity index (χ0) is 14.0. The Morgan fingerprint density at radius 2 is 2.00 bits per heavy atom. The topological polar surface area (TPSA) is 69.6 Å². The third kappa shape index (κ3) is 3.01. The molecule has 19 heavy (non-hydrogen) atoms. The quantitative estimate of drug-likeness (QED) is 0.823. The molecule has 108 valence electrons. The summed E-state index contributed by atoms with van der Waals surface area (Å²) in [4.78, 5) is 24.8. The first kappa shape index (κ1) is 14.2. The molecule has 5 heteroatoms. The lowest BCUT2D eigenvalue weighted by atomic mass is 9.89. The molecule has 1 aliphatic heterocycles. The second kappa shape index (κ2) is 5.39. The molecule has 1 heterocycles. The lowest BCUT2D eigenvalue weighted by molar-refractivity contribution is -0.142. The molecule has 0 bridgehead atoms. The highest BCUT2D eigenvalue weighted by Gasteiger charge is 2.38. The molecule has 1 aliphatic carbocycles. The summed E-state index contributed by atoms with van der Waals surface area (Å²) in [5, 5.41) is 12.1. The number of amides is 2. The van der Waals surface area contributed by atoms with Gasteiger partial charge in [-0.05, 0) is 31.6 Å². The van der Waals surface area contributed by atoms with Crippen LogP contribution in [0.3, 0.4) is 0 Å². The van der Waals surface area contributed by atoms with Crippen molar-refractivity contribution < 1.29 is 14.7 Å². The van der Waals surface area contributed by atoms with Crippen molar-refractivity contribution in [2.45, 2.75) is 52.0 Å². The van der Waals surface area contributed by atoms with Gasteiger partial charge in [-0.2, -0.15) is 0 Å². The maximum Gasteiger partial charge on any atom is 0.317 e. The Morgan fingerprint density at radius 1 is 1.37 bits per heavy atom. The van der Waals surface area contributed by atoms with Crippen LogP contribution in [-0.2, 0) is 4.79 Å². The highest BCUT2D eigenvalue weighted by Crippen LogP contribution is 2.36. The van der Waals surface area contributed by atoms with E-state index in [0.29, 0.717) is 19.5 Å². The molecule has 1 saturated carbocycles. The van der Waals surface area contributed by atoms with Gasteiger partial charge < -0.3 is 15.3 Å². The average Bonchev–Trinajstić information content (AvgIpc) is 2.93. The lowest BCUT2D eigenvalue weighted by Gasteiger charge is -2.28. The fraction of sp³-hybridized carbons (Fsp3) is 0.857. The summed E-state index contributed by atoms with van der Waals surface area (Å²) in [6.45, 7) is 5.28. The Labute approximate surface area is 114 Å². The monoisotopic (exact) mass is 268 g/mol. The van der Waals surface area contributed by atoms with Gasteiger partial charge in [-0.15, -0.1) is 0 Å². The normalized spacial score (nSPS) is 29.5. The van der Waals surface area contributed by atoms with Crippen LogP contribution in [0.15, 0.2) is 0 Å². The summed E-state index contributed by atoms with van der Waals surface area (Å²) in [6.07, 6.45) is 5.38. The fourth-order valence-electron chi connectivity index (χ4n) is 3.35. The molecule has 2 fully saturated rings. The van der Waals surface area contributed by atoms with E-state index in [9.17, 15) is 9.59 Å². The van der Waals surface area contributed by atoms with Crippen LogP contribution < -0.4 is 5.32 Å². The van der Waals surface area contributed by atoms with E-state index < -0.39 is 11.9 Å². The van der Waals surface area contributed by atoms with Crippen LogP contribution in [-0.4, -0.2) is 41.1 Å². The zero-order valence-electron chi connectivity index (χ0n) is 11.8. The molecule has 2 aliphatic rings. The molecular formula is C14H24N2O3. The van der Waals surface area contributed by atoms with Crippen LogP contribution in [0.25, 0.3) is 0 Å².